The number of benzene rings is 1. The molecule has 1 saturated heterocycles. The Morgan fingerprint density at radius 2 is 2.04 bits per heavy atom. The number of carbonyl (C=O) groups is 1. The van der Waals surface area contributed by atoms with Crippen molar-refractivity contribution in [3.63, 3.8) is 0 Å². The molecule has 4 heteroatoms. The molecule has 1 saturated carbocycles. The number of pyridine rings is 1. The van der Waals surface area contributed by atoms with Gasteiger partial charge in [-0.3, -0.25) is 9.78 Å². The molecule has 120 valence electrons. The molecule has 0 bridgehead atoms. The number of rotatable bonds is 4. The topological polar surface area (TPSA) is 45.2 Å². The first kappa shape index (κ1) is 14.5. The molecule has 1 aliphatic heterocycles. The van der Waals surface area contributed by atoms with E-state index in [-0.39, 0.29) is 0 Å². The first-order valence-electron chi connectivity index (χ1n) is 8.53. The number of nitrogens with zero attached hydrogens (tertiary/aromatic N) is 2. The number of hydrogen-bond donors (Lipinski definition) is 1. The van der Waals surface area contributed by atoms with Crippen LogP contribution in [0.2, 0.25) is 0 Å². The van der Waals surface area contributed by atoms with Gasteiger partial charge < -0.3 is 10.2 Å². The highest BCUT2D eigenvalue weighted by atomic mass is 16.2. The van der Waals surface area contributed by atoms with Crippen molar-refractivity contribution in [1.82, 2.24) is 9.88 Å². The highest BCUT2D eigenvalue weighted by Crippen LogP contribution is 2.33. The lowest BCUT2D eigenvalue weighted by atomic mass is 10.1. The van der Waals surface area contributed by atoms with Crippen LogP contribution in [-0.4, -0.2) is 34.9 Å². The molecule has 1 atom stereocenters. The summed E-state index contributed by atoms with van der Waals surface area (Å²) in [6.07, 6.45) is 3.07. The van der Waals surface area contributed by atoms with Crippen LogP contribution < -0.4 is 5.32 Å². The lowest BCUT2D eigenvalue weighted by Crippen LogP contribution is -2.28. The number of carbonyl (C=O) groups excluding carboxylic acids is 1. The van der Waals surface area contributed by atoms with Gasteiger partial charge in [-0.25, -0.2) is 0 Å². The van der Waals surface area contributed by atoms with Crippen LogP contribution in [0.4, 0.5) is 5.69 Å². The molecule has 4 nitrogen and oxygen atoms in total. The Morgan fingerprint density at radius 1 is 1.26 bits per heavy atom. The van der Waals surface area contributed by atoms with Gasteiger partial charge in [0, 0.05) is 48.2 Å². The van der Waals surface area contributed by atoms with Gasteiger partial charge in [-0.15, -0.1) is 0 Å². The molecule has 2 heterocycles. The standard InChI is InChI=1S/C19H23N3O/c1-12-13(2)21-17-6-4-3-5-16(17)19(12)20-10-14-9-18(23)22(11-14)15-7-8-15/h3-6,14-15H,7-11H2,1-2H3,(H,20,21). The molecule has 2 aliphatic rings. The maximum Gasteiger partial charge on any atom is 0.223 e. The summed E-state index contributed by atoms with van der Waals surface area (Å²) in [5.74, 6) is 0.751. The number of anilines is 1. The summed E-state index contributed by atoms with van der Waals surface area (Å²) in [6.45, 7) is 5.94. The summed E-state index contributed by atoms with van der Waals surface area (Å²) >= 11 is 0. The van der Waals surface area contributed by atoms with Gasteiger partial charge in [0.25, 0.3) is 0 Å². The first-order chi connectivity index (χ1) is 11.1. The molecule has 4 rings (SSSR count). The molecule has 2 fully saturated rings. The zero-order valence-electron chi connectivity index (χ0n) is 13.8. The Hall–Kier alpha value is -2.10. The summed E-state index contributed by atoms with van der Waals surface area (Å²) in [5, 5.41) is 4.79. The van der Waals surface area contributed by atoms with Crippen molar-refractivity contribution in [2.45, 2.75) is 39.2 Å². The van der Waals surface area contributed by atoms with E-state index in [1.54, 1.807) is 0 Å². The zero-order chi connectivity index (χ0) is 16.0. The van der Waals surface area contributed by atoms with Crippen molar-refractivity contribution in [2.75, 3.05) is 18.4 Å². The Balaban J connectivity index is 1.54. The van der Waals surface area contributed by atoms with Crippen LogP contribution in [0, 0.1) is 19.8 Å². The molecule has 23 heavy (non-hydrogen) atoms. The third-order valence-electron chi connectivity index (χ3n) is 5.17. The van der Waals surface area contributed by atoms with Crippen molar-refractivity contribution >= 4 is 22.5 Å². The molecule has 1 amide bonds. The van der Waals surface area contributed by atoms with Gasteiger partial charge in [-0.2, -0.15) is 0 Å². The summed E-state index contributed by atoms with van der Waals surface area (Å²) in [6, 6.07) is 8.79. The molecule has 1 aromatic carbocycles. The van der Waals surface area contributed by atoms with E-state index in [0.717, 1.165) is 24.3 Å². The molecule has 1 aromatic heterocycles. The minimum absolute atomic E-state index is 0.340. The number of amides is 1. The molecule has 1 N–H and O–H groups in total. The van der Waals surface area contributed by atoms with Crippen LogP contribution in [0.1, 0.15) is 30.5 Å². The Kier molecular flexibility index (Phi) is 3.47. The third-order valence-corrected chi connectivity index (χ3v) is 5.17. The van der Waals surface area contributed by atoms with Crippen LogP contribution in [0.3, 0.4) is 0 Å². The number of fused-ring (bicyclic) bond motifs is 1. The minimum Gasteiger partial charge on any atom is -0.384 e. The lowest BCUT2D eigenvalue weighted by molar-refractivity contribution is -0.128. The van der Waals surface area contributed by atoms with E-state index in [4.69, 9.17) is 0 Å². The number of para-hydroxylation sites is 1. The Morgan fingerprint density at radius 3 is 2.83 bits per heavy atom. The maximum absolute atomic E-state index is 12.1. The quantitative estimate of drug-likeness (QED) is 0.943. The number of aromatic nitrogens is 1. The van der Waals surface area contributed by atoms with Gasteiger partial charge in [0.2, 0.25) is 5.91 Å². The Bertz CT molecular complexity index is 767. The normalized spacial score (nSPS) is 21.2. The molecular weight excluding hydrogens is 286 g/mol. The number of nitrogens with one attached hydrogen (secondary N) is 1. The highest BCUT2D eigenvalue weighted by Gasteiger charge is 2.39. The van der Waals surface area contributed by atoms with Crippen molar-refractivity contribution < 1.29 is 4.79 Å². The second-order valence-corrected chi connectivity index (χ2v) is 6.94. The SMILES string of the molecule is Cc1nc2ccccc2c(NCC2CC(=O)N(C3CC3)C2)c1C. The van der Waals surface area contributed by atoms with E-state index < -0.39 is 0 Å². The monoisotopic (exact) mass is 309 g/mol. The van der Waals surface area contributed by atoms with Gasteiger partial charge in [-0.1, -0.05) is 18.2 Å². The number of likely N-dealkylation sites (tertiary alicyclic amines) is 1. The molecular formula is C19H23N3O. The second kappa shape index (κ2) is 5.52. The third kappa shape index (κ3) is 2.67. The van der Waals surface area contributed by atoms with Crippen molar-refractivity contribution in [3.8, 4) is 0 Å². The highest BCUT2D eigenvalue weighted by molar-refractivity contribution is 5.93. The summed E-state index contributed by atoms with van der Waals surface area (Å²) < 4.78 is 0. The molecule has 0 spiro atoms. The first-order valence-corrected chi connectivity index (χ1v) is 8.53. The predicted octanol–water partition coefficient (Wildman–Crippen LogP) is 3.27. The number of hydrogen-bond acceptors (Lipinski definition) is 3. The smallest absolute Gasteiger partial charge is 0.223 e. The fourth-order valence-electron chi connectivity index (χ4n) is 3.59. The largest absolute Gasteiger partial charge is 0.384 e. The van der Waals surface area contributed by atoms with E-state index in [1.807, 2.05) is 6.07 Å². The minimum atomic E-state index is 0.340. The van der Waals surface area contributed by atoms with Gasteiger partial charge >= 0.3 is 0 Å². The van der Waals surface area contributed by atoms with Crippen molar-refractivity contribution in [2.24, 2.45) is 5.92 Å². The fourth-order valence-corrected chi connectivity index (χ4v) is 3.59. The molecule has 1 aliphatic carbocycles. The Labute approximate surface area is 136 Å². The van der Waals surface area contributed by atoms with E-state index in [9.17, 15) is 4.79 Å². The van der Waals surface area contributed by atoms with E-state index in [0.29, 0.717) is 24.3 Å². The predicted molar refractivity (Wildman–Crippen MR) is 92.5 cm³/mol. The van der Waals surface area contributed by atoms with Crippen LogP contribution in [0.5, 0.6) is 0 Å². The van der Waals surface area contributed by atoms with Crippen molar-refractivity contribution in [3.05, 3.63) is 35.5 Å². The van der Waals surface area contributed by atoms with E-state index in [1.165, 1.54) is 29.5 Å². The van der Waals surface area contributed by atoms with Crippen LogP contribution >= 0.6 is 0 Å². The van der Waals surface area contributed by atoms with Crippen LogP contribution in [0.15, 0.2) is 24.3 Å². The lowest BCUT2D eigenvalue weighted by Gasteiger charge is -2.18. The van der Waals surface area contributed by atoms with E-state index >= 15 is 0 Å². The van der Waals surface area contributed by atoms with Crippen LogP contribution in [0.25, 0.3) is 10.9 Å². The second-order valence-electron chi connectivity index (χ2n) is 6.94. The maximum atomic E-state index is 12.1. The fraction of sp³-hybridized carbons (Fsp3) is 0.474. The average Bonchev–Trinajstić information content (AvgIpc) is 3.31. The summed E-state index contributed by atoms with van der Waals surface area (Å²) in [7, 11) is 0. The molecule has 1 unspecified atom stereocenters. The molecule has 2 aromatic rings. The number of aryl methyl sites for hydroxylation is 1. The van der Waals surface area contributed by atoms with Gasteiger partial charge in [-0.05, 0) is 38.3 Å². The van der Waals surface area contributed by atoms with Crippen LogP contribution in [-0.2, 0) is 4.79 Å². The van der Waals surface area contributed by atoms with Crippen molar-refractivity contribution in [1.29, 1.82) is 0 Å². The summed E-state index contributed by atoms with van der Waals surface area (Å²) in [5.41, 5.74) is 4.46. The van der Waals surface area contributed by atoms with Gasteiger partial charge in [0.1, 0.15) is 0 Å². The molecule has 0 radical (unpaired) electrons. The summed E-state index contributed by atoms with van der Waals surface area (Å²) in [4.78, 5) is 18.9. The average molecular weight is 309 g/mol. The zero-order valence-corrected chi connectivity index (χ0v) is 13.8. The van der Waals surface area contributed by atoms with Gasteiger partial charge in [0.15, 0.2) is 0 Å². The van der Waals surface area contributed by atoms with E-state index in [2.05, 4.69) is 47.2 Å². The van der Waals surface area contributed by atoms with Gasteiger partial charge in [0.05, 0.1) is 5.52 Å².